The van der Waals surface area contributed by atoms with Gasteiger partial charge < -0.3 is 4.57 Å². The molecule has 15 heavy (non-hydrogen) atoms. The van der Waals surface area contributed by atoms with E-state index in [1.807, 2.05) is 25.2 Å². The maximum absolute atomic E-state index is 8.99. The van der Waals surface area contributed by atoms with Crippen LogP contribution in [0.3, 0.4) is 0 Å². The smallest absolute Gasteiger partial charge is 0.112 e. The van der Waals surface area contributed by atoms with Crippen molar-refractivity contribution in [1.82, 2.24) is 9.55 Å². The average Bonchev–Trinajstić information content (AvgIpc) is 3.04. The van der Waals surface area contributed by atoms with E-state index in [2.05, 4.69) is 15.6 Å². The van der Waals surface area contributed by atoms with Gasteiger partial charge in [0, 0.05) is 13.0 Å². The van der Waals surface area contributed by atoms with Gasteiger partial charge in [0.2, 0.25) is 0 Å². The van der Waals surface area contributed by atoms with Gasteiger partial charge >= 0.3 is 0 Å². The second-order valence-electron chi connectivity index (χ2n) is 4.09. The minimum atomic E-state index is 0.619. The highest BCUT2D eigenvalue weighted by Gasteiger charge is 2.28. The first-order valence-corrected chi connectivity index (χ1v) is 5.16. The largest absolute Gasteiger partial charge is 0.331 e. The summed E-state index contributed by atoms with van der Waals surface area (Å²) < 4.78 is 2.12. The standard InChI is InChI=1S/C12H11N3/c1-15-10-4-2-3-9(7-13)11(10)14-12(15)8-5-6-8/h2-4,8H,5-6H2,1H3. The summed E-state index contributed by atoms with van der Waals surface area (Å²) in [4.78, 5) is 4.59. The Balaban J connectivity index is 2.34. The average molecular weight is 197 g/mol. The minimum Gasteiger partial charge on any atom is -0.331 e. The van der Waals surface area contributed by atoms with Crippen LogP contribution in [0.2, 0.25) is 0 Å². The van der Waals surface area contributed by atoms with Crippen molar-refractivity contribution in [3.8, 4) is 6.07 Å². The number of nitrogens with zero attached hydrogens (tertiary/aromatic N) is 3. The lowest BCUT2D eigenvalue weighted by atomic mass is 10.2. The molecule has 0 amide bonds. The predicted molar refractivity (Wildman–Crippen MR) is 57.4 cm³/mol. The van der Waals surface area contributed by atoms with Crippen LogP contribution in [0, 0.1) is 11.3 Å². The number of nitriles is 1. The zero-order valence-corrected chi connectivity index (χ0v) is 8.57. The van der Waals surface area contributed by atoms with E-state index >= 15 is 0 Å². The third kappa shape index (κ3) is 1.15. The lowest BCUT2D eigenvalue weighted by Gasteiger charge is -1.98. The van der Waals surface area contributed by atoms with Gasteiger partial charge in [-0.1, -0.05) is 6.07 Å². The summed E-state index contributed by atoms with van der Waals surface area (Å²) in [5.74, 6) is 1.75. The molecule has 0 spiro atoms. The predicted octanol–water partition coefficient (Wildman–Crippen LogP) is 2.32. The van der Waals surface area contributed by atoms with Crippen molar-refractivity contribution in [2.24, 2.45) is 7.05 Å². The summed E-state index contributed by atoms with van der Waals surface area (Å²) in [6.45, 7) is 0. The van der Waals surface area contributed by atoms with Gasteiger partial charge in [-0.15, -0.1) is 0 Å². The molecule has 2 aromatic rings. The molecule has 0 atom stereocenters. The molecule has 1 heterocycles. The molecule has 1 fully saturated rings. The van der Waals surface area contributed by atoms with E-state index < -0.39 is 0 Å². The fourth-order valence-corrected chi connectivity index (χ4v) is 2.03. The van der Waals surface area contributed by atoms with Gasteiger partial charge in [0.25, 0.3) is 0 Å². The molecule has 3 heteroatoms. The Bertz CT molecular complexity index is 570. The molecule has 1 saturated carbocycles. The highest BCUT2D eigenvalue weighted by atomic mass is 15.1. The molecule has 1 aromatic heterocycles. The van der Waals surface area contributed by atoms with Crippen LogP contribution < -0.4 is 0 Å². The number of imidazole rings is 1. The number of aromatic nitrogens is 2. The third-order valence-corrected chi connectivity index (χ3v) is 3.01. The Labute approximate surface area is 88.0 Å². The molecule has 1 aliphatic rings. The summed E-state index contributed by atoms with van der Waals surface area (Å²) >= 11 is 0. The van der Waals surface area contributed by atoms with Crippen LogP contribution in [0.15, 0.2) is 18.2 Å². The van der Waals surface area contributed by atoms with E-state index in [1.165, 1.54) is 12.8 Å². The van der Waals surface area contributed by atoms with Crippen LogP contribution in [0.4, 0.5) is 0 Å². The monoisotopic (exact) mass is 197 g/mol. The topological polar surface area (TPSA) is 41.6 Å². The quantitative estimate of drug-likeness (QED) is 0.704. The minimum absolute atomic E-state index is 0.619. The van der Waals surface area contributed by atoms with Crippen molar-refractivity contribution in [3.05, 3.63) is 29.6 Å². The third-order valence-electron chi connectivity index (χ3n) is 3.01. The maximum Gasteiger partial charge on any atom is 0.112 e. The van der Waals surface area contributed by atoms with Crippen LogP contribution in [0.25, 0.3) is 11.0 Å². The highest BCUT2D eigenvalue weighted by Crippen LogP contribution is 2.40. The van der Waals surface area contributed by atoms with Crippen molar-refractivity contribution < 1.29 is 0 Å². The molecule has 0 bridgehead atoms. The fraction of sp³-hybridized carbons (Fsp3) is 0.333. The molecule has 0 saturated heterocycles. The molecule has 0 N–H and O–H groups in total. The van der Waals surface area contributed by atoms with Crippen molar-refractivity contribution in [1.29, 1.82) is 5.26 Å². The van der Waals surface area contributed by atoms with Crippen molar-refractivity contribution in [2.45, 2.75) is 18.8 Å². The van der Waals surface area contributed by atoms with Gasteiger partial charge in [0.05, 0.1) is 11.1 Å². The molecule has 3 nitrogen and oxygen atoms in total. The normalized spacial score (nSPS) is 15.5. The van der Waals surface area contributed by atoms with Gasteiger partial charge in [-0.05, 0) is 25.0 Å². The van der Waals surface area contributed by atoms with Crippen LogP contribution >= 0.6 is 0 Å². The Hall–Kier alpha value is -1.82. The molecular formula is C12H11N3. The summed E-state index contributed by atoms with van der Waals surface area (Å²) in [5.41, 5.74) is 2.59. The maximum atomic E-state index is 8.99. The molecule has 3 rings (SSSR count). The van der Waals surface area contributed by atoms with Crippen molar-refractivity contribution >= 4 is 11.0 Å². The first kappa shape index (κ1) is 8.49. The summed E-state index contributed by atoms with van der Waals surface area (Å²) in [6.07, 6.45) is 2.47. The van der Waals surface area contributed by atoms with Gasteiger partial charge in [-0.2, -0.15) is 5.26 Å². The van der Waals surface area contributed by atoms with Crippen molar-refractivity contribution in [3.63, 3.8) is 0 Å². The van der Waals surface area contributed by atoms with E-state index in [0.717, 1.165) is 16.9 Å². The number of hydrogen-bond acceptors (Lipinski definition) is 2. The molecule has 1 aromatic carbocycles. The SMILES string of the molecule is Cn1c(C2CC2)nc2c(C#N)cccc21. The molecule has 1 aliphatic carbocycles. The molecule has 74 valence electrons. The van der Waals surface area contributed by atoms with Gasteiger partial charge in [0.1, 0.15) is 17.4 Å². The number of benzene rings is 1. The highest BCUT2D eigenvalue weighted by molar-refractivity contribution is 5.82. The number of fused-ring (bicyclic) bond motifs is 1. The molecule has 0 aliphatic heterocycles. The summed E-state index contributed by atoms with van der Waals surface area (Å²) in [6, 6.07) is 7.96. The van der Waals surface area contributed by atoms with Gasteiger partial charge in [-0.3, -0.25) is 0 Å². The van der Waals surface area contributed by atoms with Gasteiger partial charge in [-0.25, -0.2) is 4.98 Å². The zero-order valence-electron chi connectivity index (χ0n) is 8.57. The van der Waals surface area contributed by atoms with Gasteiger partial charge in [0.15, 0.2) is 0 Å². The van der Waals surface area contributed by atoms with Crippen molar-refractivity contribution in [2.75, 3.05) is 0 Å². The molecule has 0 unspecified atom stereocenters. The Morgan fingerprint density at radius 3 is 2.93 bits per heavy atom. The molecular weight excluding hydrogens is 186 g/mol. The van der Waals surface area contributed by atoms with E-state index in [4.69, 9.17) is 5.26 Å². The van der Waals surface area contributed by atoms with E-state index in [0.29, 0.717) is 11.5 Å². The number of para-hydroxylation sites is 1. The zero-order chi connectivity index (χ0) is 10.4. The lowest BCUT2D eigenvalue weighted by Crippen LogP contribution is -1.94. The van der Waals surface area contributed by atoms with Crippen LogP contribution in [-0.4, -0.2) is 9.55 Å². The first-order valence-electron chi connectivity index (χ1n) is 5.16. The number of hydrogen-bond donors (Lipinski definition) is 0. The Morgan fingerprint density at radius 2 is 2.27 bits per heavy atom. The van der Waals surface area contributed by atoms with Crippen LogP contribution in [-0.2, 0) is 7.05 Å². The summed E-state index contributed by atoms with van der Waals surface area (Å²) in [7, 11) is 2.03. The second kappa shape index (κ2) is 2.83. The lowest BCUT2D eigenvalue weighted by molar-refractivity contribution is 0.820. The van der Waals surface area contributed by atoms with Crippen LogP contribution in [0.1, 0.15) is 30.1 Å². The first-order chi connectivity index (χ1) is 7.31. The molecule has 0 radical (unpaired) electrons. The number of aryl methyl sites for hydroxylation is 1. The Morgan fingerprint density at radius 1 is 1.47 bits per heavy atom. The second-order valence-corrected chi connectivity index (χ2v) is 4.09. The fourth-order valence-electron chi connectivity index (χ4n) is 2.03. The Kier molecular flexibility index (Phi) is 1.60. The van der Waals surface area contributed by atoms with E-state index in [9.17, 15) is 0 Å². The van der Waals surface area contributed by atoms with E-state index in [1.54, 1.807) is 0 Å². The van der Waals surface area contributed by atoms with Crippen LogP contribution in [0.5, 0.6) is 0 Å². The number of rotatable bonds is 1. The van der Waals surface area contributed by atoms with E-state index in [-0.39, 0.29) is 0 Å². The summed E-state index contributed by atoms with van der Waals surface area (Å²) in [5, 5.41) is 8.99.